The number of ether oxygens (including phenoxy) is 9. The van der Waals surface area contributed by atoms with Crippen LogP contribution in [0.4, 0.5) is 5.69 Å². The highest BCUT2D eigenvalue weighted by molar-refractivity contribution is 6.23. The molecule has 2 saturated heterocycles. The number of rotatable bonds is 29. The minimum atomic E-state index is -1.13. The minimum absolute atomic E-state index is 0.000935. The van der Waals surface area contributed by atoms with Gasteiger partial charge in [-0.25, -0.2) is 4.90 Å². The van der Waals surface area contributed by atoms with Crippen LogP contribution in [0.25, 0.3) is 0 Å². The molecular formula is C59H69NO16. The summed E-state index contributed by atoms with van der Waals surface area (Å²) >= 11 is 0. The number of aliphatic hydroxyl groups excluding tert-OH is 4. The highest BCUT2D eigenvalue weighted by Crippen LogP contribution is 2.53. The van der Waals surface area contributed by atoms with Gasteiger partial charge in [-0.3, -0.25) is 9.59 Å². The van der Waals surface area contributed by atoms with Crippen molar-refractivity contribution in [3.63, 3.8) is 0 Å². The summed E-state index contributed by atoms with van der Waals surface area (Å²) in [6, 6.07) is 36.7. The van der Waals surface area contributed by atoms with Gasteiger partial charge in [-0.15, -0.1) is 0 Å². The highest BCUT2D eigenvalue weighted by atomic mass is 16.7. The van der Waals surface area contributed by atoms with E-state index in [0.29, 0.717) is 28.7 Å². The number of hydrogen-bond acceptors (Lipinski definition) is 16. The number of anilines is 1. The number of phenolic OH excluding ortho intramolecular Hbond substituents is 1. The Balaban J connectivity index is 0.685. The van der Waals surface area contributed by atoms with Crippen molar-refractivity contribution >= 4 is 17.5 Å². The van der Waals surface area contributed by atoms with Crippen LogP contribution in [0.2, 0.25) is 0 Å². The van der Waals surface area contributed by atoms with E-state index in [1.165, 1.54) is 31.4 Å². The van der Waals surface area contributed by atoms with Gasteiger partial charge < -0.3 is 68.2 Å². The first-order valence-corrected chi connectivity index (χ1v) is 25.4. The molecule has 0 radical (unpaired) electrons. The summed E-state index contributed by atoms with van der Waals surface area (Å²) in [5.74, 6) is 0.262. The van der Waals surface area contributed by atoms with Crippen LogP contribution in [-0.4, -0.2) is 147 Å². The van der Waals surface area contributed by atoms with Gasteiger partial charge in [0.1, 0.15) is 92.0 Å². The Bertz CT molecular complexity index is 2690. The zero-order valence-electron chi connectivity index (χ0n) is 43.5. The molecule has 3 aliphatic heterocycles. The fourth-order valence-corrected chi connectivity index (χ4v) is 9.66. The summed E-state index contributed by atoms with van der Waals surface area (Å²) in [5.41, 5.74) is 2.80. The molecule has 0 aromatic heterocycles. The molecule has 0 spiro atoms. The number of aromatic hydroxyl groups is 1. The number of phenols is 1. The van der Waals surface area contributed by atoms with E-state index >= 15 is 0 Å². The standard InChI is InChI=1S/C59H69NO16/c1-57(2,38-6-18-48(19-7-38)72-32-44(62)28-68-5)40-10-22-50(23-11-40)74-34-46(64)30-70-37-71-31-47(65)35-75-51-24-12-41(13-25-51)58(3,4)39-8-20-49(21-9-39)73-33-45(63)29-69-36-59-27-26-52(76-59)53-54(59)56(67)60(55(53)66)42-14-16-43(61)17-15-42/h6-27,44-47,52-54,61-65H,28-37H2,1-5H3. The number of carbonyl (C=O) groups is 2. The second-order valence-corrected chi connectivity index (χ2v) is 20.5. The second-order valence-electron chi connectivity index (χ2n) is 20.5. The van der Waals surface area contributed by atoms with E-state index in [2.05, 4.69) is 27.7 Å². The SMILES string of the molecule is COCC(O)COc1ccc(C(C)(C)c2ccc(OCC(O)COCOCC(O)COc3ccc(C(C)(C)c4ccc(OCC(O)COCC56C=CC(O5)C5C(=O)N(c7ccc(O)cc7)C(=O)C56)cc4)cc3)cc2)cc1. The molecule has 5 aromatic rings. The first kappa shape index (κ1) is 55.8. The number of benzene rings is 5. The Morgan fingerprint density at radius 3 is 1.30 bits per heavy atom. The number of fused-ring (bicyclic) bond motifs is 5. The summed E-state index contributed by atoms with van der Waals surface area (Å²) < 4.78 is 51.0. The van der Waals surface area contributed by atoms with E-state index in [4.69, 9.17) is 42.6 Å². The molecule has 2 amide bonds. The Hall–Kier alpha value is -6.38. The molecule has 8 atom stereocenters. The van der Waals surface area contributed by atoms with Gasteiger partial charge in [-0.05, 0) is 95.1 Å². The summed E-state index contributed by atoms with van der Waals surface area (Å²) in [7, 11) is 1.53. The topological polar surface area (TPSA) is 222 Å². The minimum Gasteiger partial charge on any atom is -0.508 e. The second kappa shape index (κ2) is 24.7. The highest BCUT2D eigenvalue weighted by Gasteiger charge is 2.68. The van der Waals surface area contributed by atoms with Crippen molar-refractivity contribution < 1.29 is 77.8 Å². The van der Waals surface area contributed by atoms with Crippen LogP contribution in [0, 0.1) is 11.8 Å². The predicted octanol–water partition coefficient (Wildman–Crippen LogP) is 5.87. The molecule has 3 heterocycles. The van der Waals surface area contributed by atoms with E-state index < -0.39 is 48.0 Å². The van der Waals surface area contributed by atoms with Gasteiger partial charge in [0, 0.05) is 17.9 Å². The summed E-state index contributed by atoms with van der Waals surface area (Å²) in [6.45, 7) is 8.49. The molecule has 8 rings (SSSR count). The zero-order valence-corrected chi connectivity index (χ0v) is 43.5. The molecule has 406 valence electrons. The van der Waals surface area contributed by atoms with Gasteiger partial charge >= 0.3 is 0 Å². The maximum atomic E-state index is 13.6. The van der Waals surface area contributed by atoms with Crippen molar-refractivity contribution in [1.29, 1.82) is 0 Å². The zero-order chi connectivity index (χ0) is 54.0. The number of nitrogens with zero attached hydrogens (tertiary/aromatic N) is 1. The monoisotopic (exact) mass is 1050 g/mol. The molecule has 5 aromatic carbocycles. The first-order valence-electron chi connectivity index (χ1n) is 25.4. The number of amides is 2. The van der Waals surface area contributed by atoms with E-state index in [-0.39, 0.29) is 94.6 Å². The van der Waals surface area contributed by atoms with Gasteiger partial charge in [0.05, 0.1) is 56.7 Å². The molecule has 0 saturated carbocycles. The molecule has 5 N–H and O–H groups in total. The maximum Gasteiger partial charge on any atom is 0.241 e. The fraction of sp³-hybridized carbons (Fsp3) is 0.424. The molecular weight excluding hydrogens is 979 g/mol. The van der Waals surface area contributed by atoms with Crippen molar-refractivity contribution in [3.8, 4) is 28.7 Å². The Morgan fingerprint density at radius 2 is 0.908 bits per heavy atom. The fourth-order valence-electron chi connectivity index (χ4n) is 9.66. The lowest BCUT2D eigenvalue weighted by Crippen LogP contribution is -2.44. The van der Waals surface area contributed by atoms with Crippen LogP contribution in [0.3, 0.4) is 0 Å². The van der Waals surface area contributed by atoms with Gasteiger partial charge in [0.25, 0.3) is 0 Å². The van der Waals surface area contributed by atoms with Gasteiger partial charge in [-0.1, -0.05) is 88.4 Å². The molecule has 2 bridgehead atoms. The Kier molecular flexibility index (Phi) is 18.2. The average Bonchev–Trinajstić information content (AvgIpc) is 4.08. The lowest BCUT2D eigenvalue weighted by atomic mass is 9.77. The summed E-state index contributed by atoms with van der Waals surface area (Å²) in [4.78, 5) is 28.1. The van der Waals surface area contributed by atoms with E-state index in [0.717, 1.165) is 27.2 Å². The van der Waals surface area contributed by atoms with Crippen molar-refractivity contribution in [2.75, 3.05) is 78.3 Å². The van der Waals surface area contributed by atoms with Crippen LogP contribution in [0.5, 0.6) is 28.7 Å². The molecule has 76 heavy (non-hydrogen) atoms. The van der Waals surface area contributed by atoms with Crippen molar-refractivity contribution in [3.05, 3.63) is 156 Å². The number of aliphatic hydroxyl groups is 4. The molecule has 3 aliphatic rings. The van der Waals surface area contributed by atoms with Gasteiger partial charge in [0.15, 0.2) is 0 Å². The lowest BCUT2D eigenvalue weighted by molar-refractivity contribution is -0.130. The number of imide groups is 1. The van der Waals surface area contributed by atoms with Crippen LogP contribution in [-0.2, 0) is 44.1 Å². The third-order valence-corrected chi connectivity index (χ3v) is 14.1. The first-order chi connectivity index (χ1) is 36.5. The third-order valence-electron chi connectivity index (χ3n) is 14.1. The normalized spacial score (nSPS) is 20.6. The molecule has 17 nitrogen and oxygen atoms in total. The van der Waals surface area contributed by atoms with Crippen LogP contribution < -0.4 is 23.8 Å². The van der Waals surface area contributed by atoms with Crippen LogP contribution >= 0.6 is 0 Å². The van der Waals surface area contributed by atoms with Crippen LogP contribution in [0.15, 0.2) is 133 Å². The van der Waals surface area contributed by atoms with Crippen LogP contribution in [0.1, 0.15) is 49.9 Å². The van der Waals surface area contributed by atoms with E-state index in [1.54, 1.807) is 12.2 Å². The average molecular weight is 1050 g/mol. The Morgan fingerprint density at radius 1 is 0.526 bits per heavy atom. The van der Waals surface area contributed by atoms with Gasteiger partial charge in [-0.2, -0.15) is 0 Å². The van der Waals surface area contributed by atoms with Crippen molar-refractivity contribution in [1.82, 2.24) is 0 Å². The Labute approximate surface area is 443 Å². The summed E-state index contributed by atoms with van der Waals surface area (Å²) in [6.07, 6.45) is -0.484. The maximum absolute atomic E-state index is 13.6. The third kappa shape index (κ3) is 13.2. The van der Waals surface area contributed by atoms with Gasteiger partial charge in [0.2, 0.25) is 11.8 Å². The van der Waals surface area contributed by atoms with E-state index in [1.807, 2.05) is 97.1 Å². The molecule has 2 fully saturated rings. The molecule has 8 unspecified atom stereocenters. The van der Waals surface area contributed by atoms with Crippen molar-refractivity contribution in [2.24, 2.45) is 11.8 Å². The summed E-state index contributed by atoms with van der Waals surface area (Å²) in [5, 5.41) is 51.2. The largest absolute Gasteiger partial charge is 0.508 e. The lowest BCUT2D eigenvalue weighted by Gasteiger charge is -2.29. The number of hydrogen-bond donors (Lipinski definition) is 5. The predicted molar refractivity (Wildman–Crippen MR) is 280 cm³/mol. The number of methoxy groups -OCH3 is 1. The quantitative estimate of drug-likeness (QED) is 0.0164. The van der Waals surface area contributed by atoms with Crippen molar-refractivity contribution in [2.45, 2.75) is 74.6 Å². The molecule has 17 heteroatoms. The smallest absolute Gasteiger partial charge is 0.241 e. The number of carbonyl (C=O) groups excluding carboxylic acids is 2. The molecule has 0 aliphatic carbocycles. The van der Waals surface area contributed by atoms with E-state index in [9.17, 15) is 35.1 Å².